The van der Waals surface area contributed by atoms with Crippen LogP contribution in [0.1, 0.15) is 0 Å². The molecular formula is C12H7N2. The van der Waals surface area contributed by atoms with Gasteiger partial charge in [-0.2, -0.15) is 10.2 Å². The van der Waals surface area contributed by atoms with Crippen LogP contribution in [0.2, 0.25) is 0 Å². The number of rotatable bonds is 0. The molecule has 0 spiro atoms. The number of benzene rings is 2. The Balaban J connectivity index is 2.52. The third-order valence-corrected chi connectivity index (χ3v) is 2.30. The zero-order valence-electron chi connectivity index (χ0n) is 7.44. The molecule has 14 heavy (non-hydrogen) atoms. The van der Waals surface area contributed by atoms with Crippen molar-refractivity contribution in [2.45, 2.75) is 0 Å². The minimum atomic E-state index is 0.930. The maximum Gasteiger partial charge on any atom is 0.0936 e. The molecule has 3 rings (SSSR count). The van der Waals surface area contributed by atoms with Gasteiger partial charge in [0.25, 0.3) is 0 Å². The molecule has 0 atom stereocenters. The third-order valence-electron chi connectivity index (χ3n) is 2.30. The largest absolute Gasteiger partial charge is 0.159 e. The maximum atomic E-state index is 4.07. The van der Waals surface area contributed by atoms with Crippen LogP contribution >= 0.6 is 0 Å². The van der Waals surface area contributed by atoms with Gasteiger partial charge in [0.05, 0.1) is 11.7 Å². The quantitative estimate of drug-likeness (QED) is 0.496. The minimum Gasteiger partial charge on any atom is -0.159 e. The van der Waals surface area contributed by atoms with E-state index in [2.05, 4.69) is 28.4 Å². The van der Waals surface area contributed by atoms with E-state index in [1.165, 1.54) is 0 Å². The number of fused-ring (bicyclic) bond motifs is 2. The van der Waals surface area contributed by atoms with Gasteiger partial charge in [-0.15, -0.1) is 0 Å². The summed E-state index contributed by atoms with van der Waals surface area (Å²) in [5.74, 6) is 0. The molecule has 0 fully saturated rings. The summed E-state index contributed by atoms with van der Waals surface area (Å²) in [7, 11) is 0. The zero-order valence-corrected chi connectivity index (χ0v) is 7.44. The fourth-order valence-electron chi connectivity index (χ4n) is 1.60. The van der Waals surface area contributed by atoms with Gasteiger partial charge >= 0.3 is 0 Å². The van der Waals surface area contributed by atoms with Crippen LogP contribution in [0.25, 0.3) is 21.7 Å². The lowest BCUT2D eigenvalue weighted by molar-refractivity contribution is 1.08. The first kappa shape index (κ1) is 7.44. The molecule has 0 amide bonds. The normalized spacial score (nSPS) is 10.9. The first-order chi connectivity index (χ1) is 6.93. The molecule has 0 aliphatic heterocycles. The highest BCUT2D eigenvalue weighted by molar-refractivity contribution is 5.95. The van der Waals surface area contributed by atoms with Gasteiger partial charge in [0.2, 0.25) is 0 Å². The predicted octanol–water partition coefficient (Wildman–Crippen LogP) is 2.58. The fraction of sp³-hybridized carbons (Fsp3) is 0. The summed E-state index contributed by atoms with van der Waals surface area (Å²) in [5, 5.41) is 11.3. The van der Waals surface area contributed by atoms with Crippen molar-refractivity contribution in [1.29, 1.82) is 0 Å². The standard InChI is InChI=1S/C12H7N2/c1-2-4-10-8-12-11(5-6-13-14-12)7-9(10)3-1/h1-2,4-8H. The second kappa shape index (κ2) is 2.77. The van der Waals surface area contributed by atoms with Gasteiger partial charge in [0.15, 0.2) is 0 Å². The van der Waals surface area contributed by atoms with E-state index in [1.807, 2.05) is 24.3 Å². The molecule has 0 unspecified atom stereocenters. The Labute approximate surface area is 81.2 Å². The van der Waals surface area contributed by atoms with Gasteiger partial charge in [0, 0.05) is 5.39 Å². The van der Waals surface area contributed by atoms with Gasteiger partial charge in [-0.1, -0.05) is 18.2 Å². The summed E-state index contributed by atoms with van der Waals surface area (Å²) < 4.78 is 0. The summed E-state index contributed by atoms with van der Waals surface area (Å²) in [6.45, 7) is 0. The van der Waals surface area contributed by atoms with Gasteiger partial charge in [-0.25, -0.2) is 0 Å². The van der Waals surface area contributed by atoms with E-state index >= 15 is 0 Å². The van der Waals surface area contributed by atoms with Gasteiger partial charge in [0.1, 0.15) is 0 Å². The summed E-state index contributed by atoms with van der Waals surface area (Å²) in [6.07, 6.45) is 1.71. The topological polar surface area (TPSA) is 25.8 Å². The van der Waals surface area contributed by atoms with Gasteiger partial charge in [-0.3, -0.25) is 0 Å². The number of hydrogen-bond donors (Lipinski definition) is 0. The summed E-state index contributed by atoms with van der Waals surface area (Å²) in [6, 6.07) is 15.2. The molecule has 2 nitrogen and oxygen atoms in total. The molecule has 1 aromatic heterocycles. The molecular weight excluding hydrogens is 172 g/mol. The van der Waals surface area contributed by atoms with E-state index in [1.54, 1.807) is 6.20 Å². The average Bonchev–Trinajstić information content (AvgIpc) is 2.26. The Morgan fingerprint density at radius 2 is 2.07 bits per heavy atom. The van der Waals surface area contributed by atoms with Crippen molar-refractivity contribution in [1.82, 2.24) is 10.2 Å². The van der Waals surface area contributed by atoms with E-state index in [0.717, 1.165) is 21.7 Å². The van der Waals surface area contributed by atoms with E-state index < -0.39 is 0 Å². The molecule has 2 aromatic carbocycles. The van der Waals surface area contributed by atoms with Crippen LogP contribution in [0.3, 0.4) is 0 Å². The van der Waals surface area contributed by atoms with Crippen molar-refractivity contribution in [3.05, 3.63) is 48.7 Å². The number of hydrogen-bond acceptors (Lipinski definition) is 2. The monoisotopic (exact) mass is 179 g/mol. The second-order valence-corrected chi connectivity index (χ2v) is 3.20. The van der Waals surface area contributed by atoms with Crippen LogP contribution in [-0.4, -0.2) is 10.2 Å². The Hall–Kier alpha value is -1.96. The molecule has 0 saturated carbocycles. The smallest absolute Gasteiger partial charge is 0.0936 e. The lowest BCUT2D eigenvalue weighted by Gasteiger charge is -1.99. The minimum absolute atomic E-state index is 0.930. The molecule has 65 valence electrons. The van der Waals surface area contributed by atoms with Crippen LogP contribution < -0.4 is 0 Å². The number of nitrogens with zero attached hydrogens (tertiary/aromatic N) is 2. The van der Waals surface area contributed by atoms with Crippen molar-refractivity contribution < 1.29 is 0 Å². The molecule has 1 heterocycles. The van der Waals surface area contributed by atoms with E-state index in [4.69, 9.17) is 0 Å². The molecule has 0 N–H and O–H groups in total. The van der Waals surface area contributed by atoms with Crippen molar-refractivity contribution in [3.8, 4) is 0 Å². The summed E-state index contributed by atoms with van der Waals surface area (Å²) >= 11 is 0. The van der Waals surface area contributed by atoms with Gasteiger partial charge < -0.3 is 0 Å². The highest BCUT2D eigenvalue weighted by atomic mass is 15.1. The lowest BCUT2D eigenvalue weighted by Crippen LogP contribution is -1.82. The number of aromatic nitrogens is 2. The first-order valence-electron chi connectivity index (χ1n) is 4.45. The summed E-state index contributed by atoms with van der Waals surface area (Å²) in [5.41, 5.74) is 0.930. The Morgan fingerprint density at radius 1 is 1.07 bits per heavy atom. The van der Waals surface area contributed by atoms with Crippen LogP contribution in [0.5, 0.6) is 0 Å². The van der Waals surface area contributed by atoms with Crippen molar-refractivity contribution in [2.24, 2.45) is 0 Å². The molecule has 0 bridgehead atoms. The van der Waals surface area contributed by atoms with Crippen LogP contribution in [0.4, 0.5) is 0 Å². The Bertz CT molecular complexity index is 497. The average molecular weight is 179 g/mol. The van der Waals surface area contributed by atoms with Crippen molar-refractivity contribution >= 4 is 21.7 Å². The SMILES string of the molecule is [c]1cccc2cc3nnccc3cc12. The van der Waals surface area contributed by atoms with Crippen LogP contribution in [-0.2, 0) is 0 Å². The van der Waals surface area contributed by atoms with E-state index in [9.17, 15) is 0 Å². The predicted molar refractivity (Wildman–Crippen MR) is 55.9 cm³/mol. The van der Waals surface area contributed by atoms with Crippen LogP contribution in [0.15, 0.2) is 42.6 Å². The first-order valence-corrected chi connectivity index (χ1v) is 4.45. The molecule has 0 saturated heterocycles. The third kappa shape index (κ3) is 1.04. The molecule has 1 radical (unpaired) electrons. The Kier molecular flexibility index (Phi) is 1.47. The molecule has 0 aliphatic carbocycles. The van der Waals surface area contributed by atoms with Crippen molar-refractivity contribution in [3.63, 3.8) is 0 Å². The second-order valence-electron chi connectivity index (χ2n) is 3.20. The van der Waals surface area contributed by atoms with Gasteiger partial charge in [-0.05, 0) is 35.0 Å². The Morgan fingerprint density at radius 3 is 3.07 bits per heavy atom. The molecule has 2 heteroatoms. The van der Waals surface area contributed by atoms with Crippen LogP contribution in [0, 0.1) is 6.07 Å². The lowest BCUT2D eigenvalue weighted by atomic mass is 10.1. The van der Waals surface area contributed by atoms with E-state index in [0.29, 0.717) is 0 Å². The molecule has 3 aromatic rings. The van der Waals surface area contributed by atoms with E-state index in [-0.39, 0.29) is 0 Å². The van der Waals surface area contributed by atoms with Crippen molar-refractivity contribution in [2.75, 3.05) is 0 Å². The highest BCUT2D eigenvalue weighted by Crippen LogP contribution is 2.19. The fourth-order valence-corrected chi connectivity index (χ4v) is 1.60. The highest BCUT2D eigenvalue weighted by Gasteiger charge is 1.97. The maximum absolute atomic E-state index is 4.07. The summed E-state index contributed by atoms with van der Waals surface area (Å²) in [4.78, 5) is 0. The zero-order chi connectivity index (χ0) is 9.38. The molecule has 0 aliphatic rings.